The molecule has 1 aromatic rings. The van der Waals surface area contributed by atoms with E-state index in [1.807, 2.05) is 0 Å². The van der Waals surface area contributed by atoms with Crippen LogP contribution in [0.2, 0.25) is 0 Å². The molecule has 14 heavy (non-hydrogen) atoms. The highest BCUT2D eigenvalue weighted by Gasteiger charge is 2.17. The number of anilines is 1. The maximum atomic E-state index is 11.4. The van der Waals surface area contributed by atoms with Crippen LogP contribution in [0.15, 0.2) is 11.0 Å². The summed E-state index contributed by atoms with van der Waals surface area (Å²) in [5, 5.41) is 10.6. The van der Waals surface area contributed by atoms with Crippen LogP contribution in [-0.2, 0) is 6.54 Å². The lowest BCUT2D eigenvalue weighted by Gasteiger charge is -2.05. The normalized spacial score (nSPS) is 10.1. The van der Waals surface area contributed by atoms with Crippen molar-refractivity contribution < 1.29 is 4.92 Å². The maximum absolute atomic E-state index is 11.4. The third kappa shape index (κ3) is 1.46. The van der Waals surface area contributed by atoms with Gasteiger partial charge in [0.15, 0.2) is 0 Å². The second-order valence-electron chi connectivity index (χ2n) is 2.90. The Labute approximate surface area is 80.1 Å². The highest BCUT2D eigenvalue weighted by molar-refractivity contribution is 5.54. The van der Waals surface area contributed by atoms with Crippen molar-refractivity contribution in [3.05, 3.63) is 32.2 Å². The van der Waals surface area contributed by atoms with Crippen LogP contribution < -0.4 is 11.3 Å². The number of aromatic nitrogens is 1. The molecule has 0 spiro atoms. The molecule has 1 aromatic heterocycles. The predicted octanol–water partition coefficient (Wildman–Crippen LogP) is 0.667. The van der Waals surface area contributed by atoms with Gasteiger partial charge in [-0.15, -0.1) is 0 Å². The minimum absolute atomic E-state index is 0.0546. The van der Waals surface area contributed by atoms with Gasteiger partial charge in [-0.2, -0.15) is 0 Å². The first-order valence-electron chi connectivity index (χ1n) is 4.13. The predicted molar refractivity (Wildman–Crippen MR) is 52.2 cm³/mol. The first kappa shape index (κ1) is 10.2. The first-order chi connectivity index (χ1) is 6.49. The van der Waals surface area contributed by atoms with Gasteiger partial charge in [-0.3, -0.25) is 14.9 Å². The van der Waals surface area contributed by atoms with Crippen molar-refractivity contribution in [1.29, 1.82) is 0 Å². The molecular formula is C8H11N3O3. The van der Waals surface area contributed by atoms with Gasteiger partial charge in [0, 0.05) is 6.54 Å². The van der Waals surface area contributed by atoms with E-state index in [0.29, 0.717) is 6.54 Å². The molecule has 0 radical (unpaired) electrons. The third-order valence-electron chi connectivity index (χ3n) is 2.09. The van der Waals surface area contributed by atoms with Crippen molar-refractivity contribution in [3.63, 3.8) is 0 Å². The molecule has 0 aliphatic rings. The van der Waals surface area contributed by atoms with Gasteiger partial charge in [-0.25, -0.2) is 0 Å². The Bertz CT molecular complexity index is 436. The van der Waals surface area contributed by atoms with Crippen molar-refractivity contribution in [2.75, 3.05) is 5.73 Å². The van der Waals surface area contributed by atoms with E-state index >= 15 is 0 Å². The lowest BCUT2D eigenvalue weighted by Crippen LogP contribution is -2.23. The van der Waals surface area contributed by atoms with Crippen LogP contribution in [0.5, 0.6) is 0 Å². The quantitative estimate of drug-likeness (QED) is 0.557. The molecule has 6 nitrogen and oxygen atoms in total. The Kier molecular flexibility index (Phi) is 2.55. The molecule has 0 saturated heterocycles. The van der Waals surface area contributed by atoms with E-state index in [4.69, 9.17) is 5.73 Å². The Balaban J connectivity index is 3.57. The van der Waals surface area contributed by atoms with E-state index in [2.05, 4.69) is 0 Å². The van der Waals surface area contributed by atoms with Crippen molar-refractivity contribution in [2.45, 2.75) is 20.4 Å². The summed E-state index contributed by atoms with van der Waals surface area (Å²) in [7, 11) is 0. The number of hydrogen-bond acceptors (Lipinski definition) is 4. The van der Waals surface area contributed by atoms with Gasteiger partial charge >= 0.3 is 0 Å². The molecular weight excluding hydrogens is 186 g/mol. The summed E-state index contributed by atoms with van der Waals surface area (Å²) in [5.74, 6) is 0. The summed E-state index contributed by atoms with van der Waals surface area (Å²) < 4.78 is 1.22. The Morgan fingerprint density at radius 1 is 1.64 bits per heavy atom. The van der Waals surface area contributed by atoms with Gasteiger partial charge in [0.2, 0.25) is 0 Å². The zero-order valence-electron chi connectivity index (χ0n) is 7.98. The van der Waals surface area contributed by atoms with E-state index in [-0.39, 0.29) is 22.5 Å². The molecule has 0 atom stereocenters. The van der Waals surface area contributed by atoms with E-state index < -0.39 is 4.92 Å². The smallest absolute Gasteiger partial charge is 0.290 e. The fraction of sp³-hybridized carbons (Fsp3) is 0.375. The summed E-state index contributed by atoms with van der Waals surface area (Å²) in [6.07, 6.45) is 1.22. The monoisotopic (exact) mass is 197 g/mol. The number of aryl methyl sites for hydroxylation is 1. The van der Waals surface area contributed by atoms with Gasteiger partial charge in [-0.1, -0.05) is 0 Å². The lowest BCUT2D eigenvalue weighted by atomic mass is 10.2. The van der Waals surface area contributed by atoms with Crippen molar-refractivity contribution in [2.24, 2.45) is 0 Å². The molecule has 0 bridgehead atoms. The van der Waals surface area contributed by atoms with Crippen LogP contribution in [0.3, 0.4) is 0 Å². The van der Waals surface area contributed by atoms with E-state index in [1.165, 1.54) is 17.7 Å². The van der Waals surface area contributed by atoms with Gasteiger partial charge in [0.1, 0.15) is 5.69 Å². The van der Waals surface area contributed by atoms with E-state index in [9.17, 15) is 14.9 Å². The number of nitro groups is 1. The van der Waals surface area contributed by atoms with Gasteiger partial charge < -0.3 is 10.3 Å². The SMILES string of the molecule is CCn1cc([N+](=O)[O-])c(C)c(N)c1=O. The van der Waals surface area contributed by atoms with Crippen molar-refractivity contribution >= 4 is 11.4 Å². The molecule has 0 aromatic carbocycles. The molecule has 6 heteroatoms. The second-order valence-corrected chi connectivity index (χ2v) is 2.90. The minimum Gasteiger partial charge on any atom is -0.394 e. The summed E-state index contributed by atoms with van der Waals surface area (Å²) in [6, 6.07) is 0. The van der Waals surface area contributed by atoms with Gasteiger partial charge in [0.25, 0.3) is 11.2 Å². The van der Waals surface area contributed by atoms with Crippen LogP contribution >= 0.6 is 0 Å². The highest BCUT2D eigenvalue weighted by atomic mass is 16.6. The van der Waals surface area contributed by atoms with E-state index in [1.54, 1.807) is 6.92 Å². The standard InChI is InChI=1S/C8H11N3O3/c1-3-10-4-6(11(13)14)5(2)7(9)8(10)12/h4H,3,9H2,1-2H3. The summed E-state index contributed by atoms with van der Waals surface area (Å²) in [6.45, 7) is 3.55. The highest BCUT2D eigenvalue weighted by Crippen LogP contribution is 2.19. The number of nitrogens with two attached hydrogens (primary N) is 1. The largest absolute Gasteiger partial charge is 0.394 e. The zero-order chi connectivity index (χ0) is 10.9. The van der Waals surface area contributed by atoms with Crippen LogP contribution in [0.1, 0.15) is 12.5 Å². The number of nitrogens with zero attached hydrogens (tertiary/aromatic N) is 2. The maximum Gasteiger partial charge on any atom is 0.290 e. The lowest BCUT2D eigenvalue weighted by molar-refractivity contribution is -0.385. The van der Waals surface area contributed by atoms with Crippen molar-refractivity contribution in [3.8, 4) is 0 Å². The zero-order valence-corrected chi connectivity index (χ0v) is 7.98. The Morgan fingerprint density at radius 3 is 2.64 bits per heavy atom. The summed E-state index contributed by atoms with van der Waals surface area (Å²) >= 11 is 0. The molecule has 0 amide bonds. The molecule has 0 unspecified atom stereocenters. The first-order valence-corrected chi connectivity index (χ1v) is 4.13. The number of rotatable bonds is 2. The van der Waals surface area contributed by atoms with Gasteiger partial charge in [-0.05, 0) is 13.8 Å². The van der Waals surface area contributed by atoms with Crippen molar-refractivity contribution in [1.82, 2.24) is 4.57 Å². The molecule has 0 aliphatic carbocycles. The molecule has 1 heterocycles. The topological polar surface area (TPSA) is 91.2 Å². The number of nitrogen functional groups attached to an aromatic ring is 1. The Hall–Kier alpha value is -1.85. The van der Waals surface area contributed by atoms with Crippen LogP contribution in [-0.4, -0.2) is 9.49 Å². The molecule has 0 saturated carbocycles. The average Bonchev–Trinajstić information content (AvgIpc) is 2.14. The van der Waals surface area contributed by atoms with Crippen LogP contribution in [0, 0.1) is 17.0 Å². The molecule has 0 fully saturated rings. The minimum atomic E-state index is -0.544. The van der Waals surface area contributed by atoms with E-state index in [0.717, 1.165) is 0 Å². The Morgan fingerprint density at radius 2 is 2.21 bits per heavy atom. The molecule has 2 N–H and O–H groups in total. The van der Waals surface area contributed by atoms with Crippen LogP contribution in [0.25, 0.3) is 0 Å². The fourth-order valence-electron chi connectivity index (χ4n) is 1.18. The molecule has 76 valence electrons. The average molecular weight is 197 g/mol. The number of hydrogen-bond donors (Lipinski definition) is 1. The van der Waals surface area contributed by atoms with Gasteiger partial charge in [0.05, 0.1) is 16.7 Å². The molecule has 1 rings (SSSR count). The fourth-order valence-corrected chi connectivity index (χ4v) is 1.18. The summed E-state index contributed by atoms with van der Waals surface area (Å²) in [4.78, 5) is 21.5. The third-order valence-corrected chi connectivity index (χ3v) is 2.09. The van der Waals surface area contributed by atoms with Crippen LogP contribution in [0.4, 0.5) is 11.4 Å². The summed E-state index contributed by atoms with van der Waals surface area (Å²) in [5.41, 5.74) is 5.13. The second kappa shape index (κ2) is 3.49. The molecule has 0 aliphatic heterocycles. The number of pyridine rings is 1.